The van der Waals surface area contributed by atoms with Gasteiger partial charge in [0.2, 0.25) is 5.95 Å². The molecule has 1 saturated carbocycles. The molecule has 0 unspecified atom stereocenters. The van der Waals surface area contributed by atoms with E-state index in [2.05, 4.69) is 40.4 Å². The number of rotatable bonds is 5. The fourth-order valence-electron chi connectivity index (χ4n) is 4.58. The zero-order chi connectivity index (χ0) is 24.8. The van der Waals surface area contributed by atoms with Crippen molar-refractivity contribution in [1.82, 2.24) is 14.9 Å². The SMILES string of the molecule is [B]c1cnc(N2CCN(C(=N)c3c(C)cccc3NS(=O)(=O)c3ccc(Br)cc3)C3(CC3)C2)nc1. The second-order valence-electron chi connectivity index (χ2n) is 9.02. The van der Waals surface area contributed by atoms with Crippen molar-refractivity contribution in [2.75, 3.05) is 29.3 Å². The standard InChI is InChI=1S/C24H24BBrN6O2S/c1-16-3-2-4-20(30-35(33,34)19-7-5-18(26)6-8-19)21(16)22(27)32-12-11-31(15-24(32)9-10-24)23-28-13-17(25)14-29-23/h2-8,13-14,27,30H,9-12,15H2,1H3. The Hall–Kier alpha value is -2.92. The largest absolute Gasteiger partial charge is 0.347 e. The van der Waals surface area contributed by atoms with Crippen molar-refractivity contribution in [3.05, 3.63) is 70.5 Å². The van der Waals surface area contributed by atoms with E-state index in [1.807, 2.05) is 13.0 Å². The summed E-state index contributed by atoms with van der Waals surface area (Å²) in [5.41, 5.74) is 2.17. The number of anilines is 2. The fourth-order valence-corrected chi connectivity index (χ4v) is 5.92. The number of sulfonamides is 1. The molecule has 11 heteroatoms. The summed E-state index contributed by atoms with van der Waals surface area (Å²) in [6, 6.07) is 11.9. The van der Waals surface area contributed by atoms with Gasteiger partial charge in [-0.25, -0.2) is 18.4 Å². The molecule has 0 bridgehead atoms. The highest BCUT2D eigenvalue weighted by molar-refractivity contribution is 9.10. The smallest absolute Gasteiger partial charge is 0.261 e. The molecule has 35 heavy (non-hydrogen) atoms. The molecule has 2 N–H and O–H groups in total. The zero-order valence-corrected chi connectivity index (χ0v) is 21.6. The van der Waals surface area contributed by atoms with Crippen molar-refractivity contribution in [2.24, 2.45) is 0 Å². The zero-order valence-electron chi connectivity index (χ0n) is 19.2. The van der Waals surface area contributed by atoms with Gasteiger partial charge in [-0.15, -0.1) is 0 Å². The molecule has 1 aromatic heterocycles. The van der Waals surface area contributed by atoms with Gasteiger partial charge >= 0.3 is 0 Å². The molecule has 1 spiro atoms. The van der Waals surface area contributed by atoms with Crippen LogP contribution in [0.2, 0.25) is 0 Å². The molecular weight excluding hydrogens is 527 g/mol. The Balaban J connectivity index is 1.41. The van der Waals surface area contributed by atoms with Gasteiger partial charge in [0.15, 0.2) is 0 Å². The van der Waals surface area contributed by atoms with E-state index in [4.69, 9.17) is 13.3 Å². The third kappa shape index (κ3) is 4.66. The number of amidine groups is 1. The third-order valence-corrected chi connectivity index (χ3v) is 8.48. The molecule has 2 heterocycles. The van der Waals surface area contributed by atoms with Crippen molar-refractivity contribution >= 4 is 56.7 Å². The van der Waals surface area contributed by atoms with Gasteiger partial charge in [-0.3, -0.25) is 10.1 Å². The van der Waals surface area contributed by atoms with Crippen LogP contribution in [0.3, 0.4) is 0 Å². The van der Waals surface area contributed by atoms with E-state index < -0.39 is 10.0 Å². The van der Waals surface area contributed by atoms with Gasteiger partial charge in [-0.1, -0.05) is 33.5 Å². The van der Waals surface area contributed by atoms with Crippen molar-refractivity contribution in [1.29, 1.82) is 5.41 Å². The molecule has 2 fully saturated rings. The Morgan fingerprint density at radius 2 is 1.80 bits per heavy atom. The summed E-state index contributed by atoms with van der Waals surface area (Å²) in [4.78, 5) is 13.1. The van der Waals surface area contributed by atoms with Crippen LogP contribution in [0.1, 0.15) is 24.0 Å². The fraction of sp³-hybridized carbons (Fsp3) is 0.292. The van der Waals surface area contributed by atoms with Crippen LogP contribution in [0.4, 0.5) is 11.6 Å². The summed E-state index contributed by atoms with van der Waals surface area (Å²) in [5.74, 6) is 0.961. The lowest BCUT2D eigenvalue weighted by Crippen LogP contribution is -2.57. The number of piperazine rings is 1. The number of nitrogens with zero attached hydrogens (tertiary/aromatic N) is 4. The average molecular weight is 551 g/mol. The van der Waals surface area contributed by atoms with Gasteiger partial charge < -0.3 is 9.80 Å². The maximum atomic E-state index is 13.1. The van der Waals surface area contributed by atoms with E-state index in [9.17, 15) is 8.42 Å². The van der Waals surface area contributed by atoms with E-state index in [1.165, 1.54) is 0 Å². The second kappa shape index (κ2) is 8.94. The number of aryl methyl sites for hydroxylation is 1. The lowest BCUT2D eigenvalue weighted by molar-refractivity contribution is 0.257. The maximum Gasteiger partial charge on any atom is 0.261 e. The predicted octanol–water partition coefficient (Wildman–Crippen LogP) is 2.82. The summed E-state index contributed by atoms with van der Waals surface area (Å²) in [7, 11) is 1.92. The number of nitrogens with one attached hydrogen (secondary N) is 2. The molecule has 2 radical (unpaired) electrons. The Morgan fingerprint density at radius 1 is 1.11 bits per heavy atom. The van der Waals surface area contributed by atoms with Gasteiger partial charge in [0.25, 0.3) is 10.0 Å². The molecular formula is C24H24BBrN6O2S. The van der Waals surface area contributed by atoms with Gasteiger partial charge in [0, 0.05) is 42.1 Å². The third-order valence-electron chi connectivity index (χ3n) is 6.57. The normalized spacial score (nSPS) is 16.9. The lowest BCUT2D eigenvalue weighted by Gasteiger charge is -2.44. The second-order valence-corrected chi connectivity index (χ2v) is 11.6. The van der Waals surface area contributed by atoms with Gasteiger partial charge in [-0.05, 0) is 55.7 Å². The van der Waals surface area contributed by atoms with E-state index in [-0.39, 0.29) is 10.4 Å². The number of aromatic nitrogens is 2. The number of hydrogen-bond donors (Lipinski definition) is 2. The van der Waals surface area contributed by atoms with Crippen LogP contribution in [0, 0.1) is 12.3 Å². The molecule has 0 atom stereocenters. The van der Waals surface area contributed by atoms with Gasteiger partial charge in [0.05, 0.1) is 16.1 Å². The first-order chi connectivity index (χ1) is 16.7. The summed E-state index contributed by atoms with van der Waals surface area (Å²) < 4.78 is 29.7. The minimum Gasteiger partial charge on any atom is -0.347 e. The molecule has 178 valence electrons. The molecule has 2 aromatic carbocycles. The minimum atomic E-state index is -3.82. The maximum absolute atomic E-state index is 13.1. The first-order valence-electron chi connectivity index (χ1n) is 11.3. The van der Waals surface area contributed by atoms with Crippen LogP contribution in [0.15, 0.2) is 64.2 Å². The average Bonchev–Trinajstić information content (AvgIpc) is 3.58. The first-order valence-corrected chi connectivity index (χ1v) is 13.5. The Morgan fingerprint density at radius 3 is 2.46 bits per heavy atom. The molecule has 1 aliphatic carbocycles. The number of hydrogen-bond acceptors (Lipinski definition) is 6. The quantitative estimate of drug-likeness (QED) is 0.288. The van der Waals surface area contributed by atoms with Crippen LogP contribution in [-0.2, 0) is 10.0 Å². The highest BCUT2D eigenvalue weighted by atomic mass is 79.9. The molecule has 2 aliphatic rings. The van der Waals surface area contributed by atoms with Crippen molar-refractivity contribution in [2.45, 2.75) is 30.2 Å². The van der Waals surface area contributed by atoms with E-state index in [0.717, 1.165) is 22.9 Å². The van der Waals surface area contributed by atoms with E-state index in [0.29, 0.717) is 48.1 Å². The van der Waals surface area contributed by atoms with Crippen LogP contribution in [0.25, 0.3) is 0 Å². The highest BCUT2D eigenvalue weighted by Crippen LogP contribution is 2.46. The number of halogens is 1. The van der Waals surface area contributed by atoms with Gasteiger partial charge in [0.1, 0.15) is 13.7 Å². The monoisotopic (exact) mass is 550 g/mol. The van der Waals surface area contributed by atoms with E-state index in [1.54, 1.807) is 48.8 Å². The number of benzene rings is 2. The summed E-state index contributed by atoms with van der Waals surface area (Å²) >= 11 is 3.34. The Kier molecular flexibility index (Phi) is 6.08. The van der Waals surface area contributed by atoms with Crippen molar-refractivity contribution < 1.29 is 8.42 Å². The van der Waals surface area contributed by atoms with Crippen LogP contribution < -0.4 is 15.1 Å². The Labute approximate surface area is 214 Å². The molecule has 0 amide bonds. The van der Waals surface area contributed by atoms with Crippen molar-refractivity contribution in [3.63, 3.8) is 0 Å². The van der Waals surface area contributed by atoms with Gasteiger partial charge in [-0.2, -0.15) is 0 Å². The summed E-state index contributed by atoms with van der Waals surface area (Å²) in [5, 5.41) is 9.16. The van der Waals surface area contributed by atoms with Crippen LogP contribution >= 0.6 is 15.9 Å². The molecule has 3 aromatic rings. The Bertz CT molecular complexity index is 1380. The summed E-state index contributed by atoms with van der Waals surface area (Å²) in [6.45, 7) is 3.87. The van der Waals surface area contributed by atoms with E-state index >= 15 is 0 Å². The van der Waals surface area contributed by atoms with Crippen LogP contribution in [-0.4, -0.2) is 62.1 Å². The molecule has 1 saturated heterocycles. The lowest BCUT2D eigenvalue weighted by atomic mass is 10.0. The molecule has 1 aliphatic heterocycles. The van der Waals surface area contributed by atoms with Crippen molar-refractivity contribution in [3.8, 4) is 0 Å². The topological polar surface area (TPSA) is 102 Å². The predicted molar refractivity (Wildman–Crippen MR) is 141 cm³/mol. The van der Waals surface area contributed by atoms with Crippen LogP contribution in [0.5, 0.6) is 0 Å². The molecule has 8 nitrogen and oxygen atoms in total. The highest BCUT2D eigenvalue weighted by Gasteiger charge is 2.53. The first kappa shape index (κ1) is 23.8. The summed E-state index contributed by atoms with van der Waals surface area (Å²) in [6.07, 6.45) is 5.11. The molecule has 5 rings (SSSR count). The minimum absolute atomic E-state index is 0.162.